The molecule has 0 aliphatic rings. The average Bonchev–Trinajstić information content (AvgIpc) is 2.76. The monoisotopic (exact) mass is 282 g/mol. The summed E-state index contributed by atoms with van der Waals surface area (Å²) in [5.74, 6) is 0. The molecule has 3 nitrogen and oxygen atoms in total. The molecule has 0 unspecified atom stereocenters. The molecule has 1 N–H and O–H groups in total. The third-order valence-corrected chi connectivity index (χ3v) is 4.58. The Bertz CT molecular complexity index is 651. The number of aryl methyl sites for hydroxylation is 1. The number of unbranched alkanes of at least 4 members (excludes halogenated alkanes) is 2. The lowest BCUT2D eigenvalue weighted by molar-refractivity contribution is 0.578. The predicted octanol–water partition coefficient (Wildman–Crippen LogP) is 3.87. The van der Waals surface area contributed by atoms with Crippen LogP contribution >= 0.6 is 23.6 Å². The van der Waals surface area contributed by atoms with Crippen molar-refractivity contribution in [2.45, 2.75) is 46.1 Å². The Morgan fingerprint density at radius 2 is 2.17 bits per heavy atom. The SMILES string of the molecule is CCCCCn1c(=S)[nH]c2sc(CC)cc2c1=O. The van der Waals surface area contributed by atoms with Crippen LogP contribution in [0.5, 0.6) is 0 Å². The Labute approximate surface area is 115 Å². The van der Waals surface area contributed by atoms with Crippen molar-refractivity contribution in [2.24, 2.45) is 0 Å². The summed E-state index contributed by atoms with van der Waals surface area (Å²) >= 11 is 6.90. The highest BCUT2D eigenvalue weighted by atomic mass is 32.1. The summed E-state index contributed by atoms with van der Waals surface area (Å²) in [6.45, 7) is 4.97. The Morgan fingerprint density at radius 1 is 1.39 bits per heavy atom. The Morgan fingerprint density at radius 3 is 2.83 bits per heavy atom. The van der Waals surface area contributed by atoms with Gasteiger partial charge in [0.1, 0.15) is 4.83 Å². The number of aromatic amines is 1. The van der Waals surface area contributed by atoms with E-state index in [9.17, 15) is 4.79 Å². The van der Waals surface area contributed by atoms with Gasteiger partial charge in [0.2, 0.25) is 0 Å². The number of rotatable bonds is 5. The second kappa shape index (κ2) is 5.80. The molecule has 0 spiro atoms. The maximum atomic E-state index is 12.4. The summed E-state index contributed by atoms with van der Waals surface area (Å²) < 4.78 is 2.24. The lowest BCUT2D eigenvalue weighted by Gasteiger charge is -2.05. The first kappa shape index (κ1) is 13.5. The van der Waals surface area contributed by atoms with Gasteiger partial charge in [-0.25, -0.2) is 0 Å². The van der Waals surface area contributed by atoms with Crippen molar-refractivity contribution in [1.82, 2.24) is 9.55 Å². The smallest absolute Gasteiger partial charge is 0.263 e. The van der Waals surface area contributed by atoms with Crippen LogP contribution in [0, 0.1) is 4.77 Å². The minimum absolute atomic E-state index is 0.0563. The number of thiophene rings is 1. The van der Waals surface area contributed by atoms with Gasteiger partial charge in [0.15, 0.2) is 4.77 Å². The molecule has 0 amide bonds. The van der Waals surface area contributed by atoms with Crippen LogP contribution in [-0.4, -0.2) is 9.55 Å². The van der Waals surface area contributed by atoms with E-state index >= 15 is 0 Å². The van der Waals surface area contributed by atoms with Gasteiger partial charge in [-0.05, 0) is 31.1 Å². The van der Waals surface area contributed by atoms with Gasteiger partial charge >= 0.3 is 0 Å². The van der Waals surface area contributed by atoms with Crippen molar-refractivity contribution >= 4 is 33.8 Å². The zero-order valence-corrected chi connectivity index (χ0v) is 12.4. The highest BCUT2D eigenvalue weighted by Gasteiger charge is 2.08. The van der Waals surface area contributed by atoms with Crippen LogP contribution in [0.3, 0.4) is 0 Å². The molecule has 2 aromatic heterocycles. The highest BCUT2D eigenvalue weighted by molar-refractivity contribution is 7.71. The molecular formula is C13H18N2OS2. The summed E-state index contributed by atoms with van der Waals surface area (Å²) in [6, 6.07) is 1.99. The van der Waals surface area contributed by atoms with Crippen molar-refractivity contribution in [3.05, 3.63) is 26.1 Å². The fraction of sp³-hybridized carbons (Fsp3) is 0.538. The van der Waals surface area contributed by atoms with Gasteiger partial charge in [-0.2, -0.15) is 0 Å². The van der Waals surface area contributed by atoms with E-state index in [-0.39, 0.29) is 5.56 Å². The topological polar surface area (TPSA) is 37.8 Å². The molecule has 2 rings (SSSR count). The second-order valence-electron chi connectivity index (χ2n) is 4.40. The third-order valence-electron chi connectivity index (χ3n) is 3.06. The van der Waals surface area contributed by atoms with E-state index in [0.717, 1.165) is 42.4 Å². The maximum absolute atomic E-state index is 12.4. The normalized spacial score (nSPS) is 11.2. The summed E-state index contributed by atoms with van der Waals surface area (Å²) in [7, 11) is 0. The van der Waals surface area contributed by atoms with Crippen molar-refractivity contribution in [1.29, 1.82) is 0 Å². The first-order valence-electron chi connectivity index (χ1n) is 6.43. The first-order chi connectivity index (χ1) is 8.67. The molecule has 0 fully saturated rings. The number of nitrogens with zero attached hydrogens (tertiary/aromatic N) is 1. The molecule has 18 heavy (non-hydrogen) atoms. The van der Waals surface area contributed by atoms with Gasteiger partial charge in [0, 0.05) is 11.4 Å². The van der Waals surface area contributed by atoms with E-state index in [1.54, 1.807) is 15.9 Å². The summed E-state index contributed by atoms with van der Waals surface area (Å²) in [5, 5.41) is 0.780. The molecule has 0 saturated heterocycles. The summed E-state index contributed by atoms with van der Waals surface area (Å²) in [4.78, 5) is 17.7. The van der Waals surface area contributed by atoms with Crippen LogP contribution in [0.1, 0.15) is 38.0 Å². The average molecular weight is 282 g/mol. The van der Waals surface area contributed by atoms with Crippen LogP contribution in [0.4, 0.5) is 0 Å². The van der Waals surface area contributed by atoms with Gasteiger partial charge in [0.05, 0.1) is 5.39 Å². The van der Waals surface area contributed by atoms with Crippen molar-refractivity contribution in [3.8, 4) is 0 Å². The molecule has 0 aromatic carbocycles. The van der Waals surface area contributed by atoms with Gasteiger partial charge in [-0.15, -0.1) is 11.3 Å². The first-order valence-corrected chi connectivity index (χ1v) is 7.65. The molecule has 0 saturated carbocycles. The molecule has 5 heteroatoms. The van der Waals surface area contributed by atoms with Gasteiger partial charge < -0.3 is 4.98 Å². The van der Waals surface area contributed by atoms with Crippen LogP contribution in [-0.2, 0) is 13.0 Å². The van der Waals surface area contributed by atoms with Crippen LogP contribution in [0.15, 0.2) is 10.9 Å². The van der Waals surface area contributed by atoms with Crippen molar-refractivity contribution < 1.29 is 0 Å². The molecule has 0 radical (unpaired) electrons. The second-order valence-corrected chi connectivity index (χ2v) is 5.93. The Hall–Kier alpha value is -0.940. The van der Waals surface area contributed by atoms with Gasteiger partial charge in [-0.3, -0.25) is 9.36 Å². The standard InChI is InChI=1S/C13H18N2OS2/c1-3-5-6-7-15-12(16)10-8-9(4-2)18-11(10)14-13(15)17/h8H,3-7H2,1-2H3,(H,14,17). The van der Waals surface area contributed by atoms with E-state index in [0.29, 0.717) is 4.77 Å². The van der Waals surface area contributed by atoms with Crippen molar-refractivity contribution in [2.75, 3.05) is 0 Å². The van der Waals surface area contributed by atoms with E-state index in [4.69, 9.17) is 12.2 Å². The van der Waals surface area contributed by atoms with Crippen LogP contribution < -0.4 is 5.56 Å². The molecule has 0 bridgehead atoms. The van der Waals surface area contributed by atoms with E-state index in [1.807, 2.05) is 6.07 Å². The lowest BCUT2D eigenvalue weighted by atomic mass is 10.2. The lowest BCUT2D eigenvalue weighted by Crippen LogP contribution is -2.21. The number of aromatic nitrogens is 2. The Balaban J connectivity index is 2.47. The number of hydrogen-bond donors (Lipinski definition) is 1. The van der Waals surface area contributed by atoms with Crippen LogP contribution in [0.2, 0.25) is 0 Å². The third kappa shape index (κ3) is 2.57. The predicted molar refractivity (Wildman–Crippen MR) is 80.2 cm³/mol. The zero-order chi connectivity index (χ0) is 13.1. The molecule has 0 aliphatic heterocycles. The van der Waals surface area contributed by atoms with Gasteiger partial charge in [-0.1, -0.05) is 26.7 Å². The van der Waals surface area contributed by atoms with Gasteiger partial charge in [0.25, 0.3) is 5.56 Å². The Kier molecular flexibility index (Phi) is 4.35. The number of hydrogen-bond acceptors (Lipinski definition) is 3. The molecule has 2 heterocycles. The highest BCUT2D eigenvalue weighted by Crippen LogP contribution is 2.21. The van der Waals surface area contributed by atoms with Crippen molar-refractivity contribution in [3.63, 3.8) is 0 Å². The number of H-pyrrole nitrogens is 1. The van der Waals surface area contributed by atoms with E-state index < -0.39 is 0 Å². The van der Waals surface area contributed by atoms with E-state index in [2.05, 4.69) is 18.8 Å². The molecule has 0 aliphatic carbocycles. The van der Waals surface area contributed by atoms with Crippen LogP contribution in [0.25, 0.3) is 10.2 Å². The fourth-order valence-electron chi connectivity index (χ4n) is 1.99. The zero-order valence-electron chi connectivity index (χ0n) is 10.8. The quantitative estimate of drug-likeness (QED) is 0.667. The van der Waals surface area contributed by atoms with E-state index in [1.165, 1.54) is 4.88 Å². The fourth-order valence-corrected chi connectivity index (χ4v) is 3.32. The largest absolute Gasteiger partial charge is 0.323 e. The number of fused-ring (bicyclic) bond motifs is 1. The number of nitrogens with one attached hydrogen (secondary N) is 1. The molecular weight excluding hydrogens is 264 g/mol. The molecule has 98 valence electrons. The summed E-state index contributed by atoms with van der Waals surface area (Å²) in [6.07, 6.45) is 4.23. The molecule has 0 atom stereocenters. The maximum Gasteiger partial charge on any atom is 0.263 e. The molecule has 2 aromatic rings. The minimum Gasteiger partial charge on any atom is -0.323 e. The minimum atomic E-state index is 0.0563. The summed E-state index contributed by atoms with van der Waals surface area (Å²) in [5.41, 5.74) is 0.0563.